The van der Waals surface area contributed by atoms with E-state index in [4.69, 9.17) is 30.4 Å². The van der Waals surface area contributed by atoms with Crippen molar-refractivity contribution in [1.29, 1.82) is 0 Å². The Morgan fingerprint density at radius 2 is 0.971 bits per heavy atom. The van der Waals surface area contributed by atoms with Crippen molar-refractivity contribution in [3.8, 4) is 0 Å². The molecule has 0 aromatic heterocycles. The molecule has 4 rings (SSSR count). The van der Waals surface area contributed by atoms with Gasteiger partial charge in [0.2, 0.25) is 0 Å². The third-order valence-corrected chi connectivity index (χ3v) is 12.3. The summed E-state index contributed by atoms with van der Waals surface area (Å²) in [7, 11) is -7.22. The lowest BCUT2D eigenvalue weighted by atomic mass is 9.90. The van der Waals surface area contributed by atoms with Crippen LogP contribution >= 0.6 is 0 Å². The third kappa shape index (κ3) is 4.93. The maximum Gasteiger partial charge on any atom is 0.185 e. The highest BCUT2D eigenvalue weighted by Crippen LogP contribution is 2.40. The van der Waals surface area contributed by atoms with Gasteiger partial charge in [-0.15, -0.1) is 0 Å². The zero-order valence-corrected chi connectivity index (χ0v) is 22.0. The fourth-order valence-electron chi connectivity index (χ4n) is 5.88. The Kier molecular flexibility index (Phi) is 7.74. The average Bonchev–Trinajstić information content (AvgIpc) is 2.73. The van der Waals surface area contributed by atoms with Crippen molar-refractivity contribution in [2.75, 3.05) is 24.7 Å². The van der Waals surface area contributed by atoms with Crippen molar-refractivity contribution < 1.29 is 35.8 Å². The summed E-state index contributed by atoms with van der Waals surface area (Å²) in [6.45, 7) is 8.12. The van der Waals surface area contributed by atoms with Crippen LogP contribution in [-0.2, 0) is 38.6 Å². The zero-order chi connectivity index (χ0) is 25.0. The lowest BCUT2D eigenvalue weighted by Crippen LogP contribution is -2.62. The topological polar surface area (TPSA) is 157 Å². The summed E-state index contributed by atoms with van der Waals surface area (Å²) in [6.07, 6.45) is -1.25. The van der Waals surface area contributed by atoms with Gasteiger partial charge in [-0.1, -0.05) is 27.7 Å². The van der Waals surface area contributed by atoms with Crippen LogP contribution in [0.25, 0.3) is 0 Å². The van der Waals surface area contributed by atoms with Crippen molar-refractivity contribution in [3.63, 3.8) is 0 Å². The van der Waals surface area contributed by atoms with Gasteiger partial charge >= 0.3 is 0 Å². The molecule has 4 aliphatic rings. The number of hydrogen-bond donors (Lipinski definition) is 2. The number of rotatable bonds is 3. The van der Waals surface area contributed by atoms with Gasteiger partial charge in [0.15, 0.2) is 30.5 Å². The first-order valence-electron chi connectivity index (χ1n) is 12.3. The molecule has 4 N–H and O–H groups in total. The Balaban J connectivity index is 1.60. The normalized spacial score (nSPS) is 51.6. The van der Waals surface area contributed by atoms with Crippen molar-refractivity contribution in [3.05, 3.63) is 0 Å². The molecule has 0 spiro atoms. The van der Waals surface area contributed by atoms with Gasteiger partial charge in [0.05, 0.1) is 23.7 Å². The molecule has 0 aromatic carbocycles. The summed E-state index contributed by atoms with van der Waals surface area (Å²) >= 11 is 0. The first-order valence-corrected chi connectivity index (χ1v) is 15.7. The van der Waals surface area contributed by atoms with E-state index in [-0.39, 0.29) is 47.3 Å². The first kappa shape index (κ1) is 26.7. The molecule has 4 heterocycles. The summed E-state index contributed by atoms with van der Waals surface area (Å²) in [4.78, 5) is 0. The molecule has 0 aromatic rings. The highest BCUT2D eigenvalue weighted by Gasteiger charge is 2.55. The molecule has 12 atom stereocenters. The van der Waals surface area contributed by atoms with E-state index in [2.05, 4.69) is 0 Å². The van der Waals surface area contributed by atoms with Crippen LogP contribution in [0.4, 0.5) is 0 Å². The summed E-state index contributed by atoms with van der Waals surface area (Å²) in [6, 6.07) is -0.354. The zero-order valence-electron chi connectivity index (χ0n) is 20.4. The highest BCUT2D eigenvalue weighted by molar-refractivity contribution is 7.92. The third-order valence-electron chi connectivity index (χ3n) is 8.17. The van der Waals surface area contributed by atoms with E-state index in [1.54, 1.807) is 13.8 Å². The van der Waals surface area contributed by atoms with Crippen molar-refractivity contribution in [1.82, 2.24) is 0 Å². The maximum absolute atomic E-state index is 13.1. The highest BCUT2D eigenvalue weighted by atomic mass is 32.2. The minimum Gasteiger partial charge on any atom is -0.374 e. The molecule has 0 saturated carbocycles. The SMILES string of the molecule is C[C@H]1[C@H]([C@@H]2O[C@H]([C@H]3O[C@@H]([C@@H]4OCC[C@H](N)[C@H]4C)S(=O)(=O)C[C@@H]3C)[C@@H](C)CS2(=O)=O)OCC[C@@H]1N. The monoisotopic (exact) mass is 524 g/mol. The van der Waals surface area contributed by atoms with Gasteiger partial charge in [0, 0.05) is 37.1 Å². The van der Waals surface area contributed by atoms with E-state index in [1.165, 1.54) is 0 Å². The fraction of sp³-hybridized carbons (Fsp3) is 1.00. The number of sulfone groups is 2. The predicted octanol–water partition coefficient (Wildman–Crippen LogP) is 0.0426. The molecule has 4 aliphatic heterocycles. The Morgan fingerprint density at radius 3 is 1.32 bits per heavy atom. The molecule has 34 heavy (non-hydrogen) atoms. The average molecular weight is 525 g/mol. The van der Waals surface area contributed by atoms with Crippen molar-refractivity contribution in [2.24, 2.45) is 35.1 Å². The Hall–Kier alpha value is -0.340. The second-order valence-electron chi connectivity index (χ2n) is 10.8. The molecule has 4 saturated heterocycles. The van der Waals surface area contributed by atoms with Crippen molar-refractivity contribution >= 4 is 19.7 Å². The Morgan fingerprint density at radius 1 is 0.618 bits per heavy atom. The van der Waals surface area contributed by atoms with Crippen molar-refractivity contribution in [2.45, 2.75) is 87.9 Å². The fourth-order valence-corrected chi connectivity index (χ4v) is 10.2. The first-order chi connectivity index (χ1) is 15.8. The molecule has 198 valence electrons. The minimum atomic E-state index is -3.61. The molecule has 12 heteroatoms. The number of hydrogen-bond acceptors (Lipinski definition) is 10. The second kappa shape index (κ2) is 9.85. The van der Waals surface area contributed by atoms with Crippen LogP contribution in [0.2, 0.25) is 0 Å². The minimum absolute atomic E-state index is 0.0879. The Bertz CT molecular complexity index is 869. The Labute approximate surface area is 203 Å². The second-order valence-corrected chi connectivity index (χ2v) is 15.1. The lowest BCUT2D eigenvalue weighted by Gasteiger charge is -2.48. The van der Waals surface area contributed by atoms with Gasteiger partial charge in [-0.25, -0.2) is 16.8 Å². The lowest BCUT2D eigenvalue weighted by molar-refractivity contribution is -0.189. The van der Waals surface area contributed by atoms with E-state index in [1.807, 2.05) is 13.8 Å². The number of nitrogens with two attached hydrogens (primary N) is 2. The summed E-state index contributed by atoms with van der Waals surface area (Å²) < 4.78 is 76.8. The predicted molar refractivity (Wildman–Crippen MR) is 126 cm³/mol. The molecular formula is C22H40N2O8S2. The molecule has 0 aliphatic carbocycles. The van der Waals surface area contributed by atoms with Crippen LogP contribution in [0.3, 0.4) is 0 Å². The van der Waals surface area contributed by atoms with Gasteiger partial charge in [0.25, 0.3) is 0 Å². The van der Waals surface area contributed by atoms with Gasteiger partial charge < -0.3 is 30.4 Å². The van der Waals surface area contributed by atoms with E-state index < -0.39 is 55.0 Å². The maximum atomic E-state index is 13.1. The van der Waals surface area contributed by atoms with Crippen LogP contribution in [0.5, 0.6) is 0 Å². The smallest absolute Gasteiger partial charge is 0.185 e. The van der Waals surface area contributed by atoms with E-state index >= 15 is 0 Å². The molecule has 0 amide bonds. The largest absolute Gasteiger partial charge is 0.374 e. The van der Waals surface area contributed by atoms with Gasteiger partial charge in [0.1, 0.15) is 12.2 Å². The standard InChI is InChI=1S/C22H40N2O8S2/c1-11-9-33(25,26)21(19-13(3)15(23)5-7-29-19)31-17(11)18-12(2)10-34(27,28)22(32-18)20-14(4)16(24)6-8-30-20/h11-22H,5-10,23-24H2,1-4H3/t11-,12-,13+,14+,15-,16-,17-,18-,19+,20+,21+,22+/m0/s1. The van der Waals surface area contributed by atoms with Crippen LogP contribution in [-0.4, -0.2) is 88.9 Å². The molecule has 0 unspecified atom stereocenters. The summed E-state index contributed by atoms with van der Waals surface area (Å²) in [5.41, 5.74) is 10.1. The van der Waals surface area contributed by atoms with Gasteiger partial charge in [-0.3, -0.25) is 0 Å². The molecular weight excluding hydrogens is 484 g/mol. The van der Waals surface area contributed by atoms with Gasteiger partial charge in [-0.2, -0.15) is 0 Å². The van der Waals surface area contributed by atoms with Crippen LogP contribution in [0.1, 0.15) is 40.5 Å². The van der Waals surface area contributed by atoms with E-state index in [9.17, 15) is 16.8 Å². The van der Waals surface area contributed by atoms with Crippen LogP contribution in [0.15, 0.2) is 0 Å². The molecule has 4 fully saturated rings. The number of ether oxygens (including phenoxy) is 4. The van der Waals surface area contributed by atoms with E-state index in [0.717, 1.165) is 0 Å². The summed E-state index contributed by atoms with van der Waals surface area (Å²) in [5.74, 6) is -1.33. The van der Waals surface area contributed by atoms with Gasteiger partial charge in [-0.05, 0) is 24.7 Å². The van der Waals surface area contributed by atoms with Crippen LogP contribution < -0.4 is 11.5 Å². The molecule has 10 nitrogen and oxygen atoms in total. The molecule has 0 radical (unpaired) electrons. The van der Waals surface area contributed by atoms with E-state index in [0.29, 0.717) is 26.1 Å². The quantitative estimate of drug-likeness (QED) is 0.516. The summed E-state index contributed by atoms with van der Waals surface area (Å²) in [5, 5.41) is 0. The molecule has 0 bridgehead atoms. The van der Waals surface area contributed by atoms with Crippen LogP contribution in [0, 0.1) is 23.7 Å².